The smallest absolute Gasteiger partial charge is 0.258 e. The minimum Gasteiger partial charge on any atom is -0.271 e. The number of nitrogens with one attached hydrogen (secondary N) is 3. The van der Waals surface area contributed by atoms with E-state index >= 15 is 0 Å². The highest BCUT2D eigenvalue weighted by Crippen LogP contribution is 2.21. The first-order valence-corrected chi connectivity index (χ1v) is 7.63. The Hall–Kier alpha value is -2.02. The van der Waals surface area contributed by atoms with E-state index in [1.165, 1.54) is 5.56 Å². The lowest BCUT2D eigenvalue weighted by Crippen LogP contribution is -2.41. The van der Waals surface area contributed by atoms with Crippen LogP contribution in [-0.2, 0) is 4.79 Å². The molecule has 1 amide bonds. The molecule has 1 fully saturated rings. The second-order valence-electron chi connectivity index (χ2n) is 4.79. The van der Waals surface area contributed by atoms with Gasteiger partial charge >= 0.3 is 0 Å². The van der Waals surface area contributed by atoms with E-state index in [1.54, 1.807) is 17.6 Å². The first-order chi connectivity index (χ1) is 10.3. The Bertz CT molecular complexity index is 612. The molecule has 1 aromatic carbocycles. The highest BCUT2D eigenvalue weighted by atomic mass is 32.1. The molecule has 0 radical (unpaired) electrons. The first kappa shape index (κ1) is 13.9. The van der Waals surface area contributed by atoms with Crippen molar-refractivity contribution in [1.29, 1.82) is 0 Å². The van der Waals surface area contributed by atoms with Crippen molar-refractivity contribution < 1.29 is 4.79 Å². The quantitative estimate of drug-likeness (QED) is 0.596. The van der Waals surface area contributed by atoms with Crippen LogP contribution in [-0.4, -0.2) is 18.2 Å². The lowest BCUT2D eigenvalue weighted by Gasteiger charge is -2.08. The van der Waals surface area contributed by atoms with E-state index in [2.05, 4.69) is 33.5 Å². The summed E-state index contributed by atoms with van der Waals surface area (Å²) >= 11 is 1.58. The molecular weight excluding hydrogens is 284 g/mol. The van der Waals surface area contributed by atoms with Gasteiger partial charge in [-0.2, -0.15) is 5.10 Å². The van der Waals surface area contributed by atoms with Crippen LogP contribution in [0.3, 0.4) is 0 Å². The zero-order valence-corrected chi connectivity index (χ0v) is 12.1. The first-order valence-electron chi connectivity index (χ1n) is 6.75. The number of thiophene rings is 1. The number of rotatable bonds is 4. The molecule has 1 aliphatic heterocycles. The van der Waals surface area contributed by atoms with Crippen LogP contribution in [0.5, 0.6) is 0 Å². The highest BCUT2D eigenvalue weighted by Gasteiger charge is 2.29. The van der Waals surface area contributed by atoms with Crippen molar-refractivity contribution in [3.05, 3.63) is 58.3 Å². The van der Waals surface area contributed by atoms with Gasteiger partial charge in [-0.05, 0) is 23.4 Å². The summed E-state index contributed by atoms with van der Waals surface area (Å²) in [5.74, 6) is -0.131. The zero-order valence-electron chi connectivity index (χ0n) is 11.3. The van der Waals surface area contributed by atoms with Crippen LogP contribution < -0.4 is 16.3 Å². The summed E-state index contributed by atoms with van der Waals surface area (Å²) < 4.78 is 0. The minimum absolute atomic E-state index is 0.131. The molecule has 3 rings (SSSR count). The second-order valence-corrected chi connectivity index (χ2v) is 5.77. The lowest BCUT2D eigenvalue weighted by molar-refractivity contribution is -0.122. The van der Waals surface area contributed by atoms with E-state index in [-0.39, 0.29) is 18.0 Å². The van der Waals surface area contributed by atoms with Gasteiger partial charge in [-0.3, -0.25) is 4.79 Å². The fourth-order valence-electron chi connectivity index (χ4n) is 2.23. The molecule has 0 saturated carbocycles. The summed E-state index contributed by atoms with van der Waals surface area (Å²) in [5.41, 5.74) is 9.90. The van der Waals surface area contributed by atoms with Crippen LogP contribution in [0.2, 0.25) is 0 Å². The van der Waals surface area contributed by atoms with E-state index in [0.29, 0.717) is 6.42 Å². The minimum atomic E-state index is -0.282. The predicted molar refractivity (Wildman–Crippen MR) is 83.9 cm³/mol. The molecule has 2 atom stereocenters. The van der Waals surface area contributed by atoms with Gasteiger partial charge in [0, 0.05) is 10.9 Å². The Morgan fingerprint density at radius 1 is 1.24 bits per heavy atom. The molecule has 1 aliphatic rings. The standard InChI is InChI=1S/C15H16N4OS/c20-15(19-16-10-12-7-4-8-21-12)14-9-13(17-18-14)11-5-2-1-3-6-11/h1-8,10,13-14,17-18H,9H2,(H,19,20)/b16-10+. The predicted octanol–water partition coefficient (Wildman–Crippen LogP) is 1.81. The molecule has 3 N–H and O–H groups in total. The second kappa shape index (κ2) is 6.62. The summed E-state index contributed by atoms with van der Waals surface area (Å²) in [6, 6.07) is 13.8. The largest absolute Gasteiger partial charge is 0.271 e. The Kier molecular flexibility index (Phi) is 4.40. The third-order valence-corrected chi connectivity index (χ3v) is 4.14. The van der Waals surface area contributed by atoms with E-state index in [1.807, 2.05) is 35.7 Å². The van der Waals surface area contributed by atoms with Crippen molar-refractivity contribution in [3.63, 3.8) is 0 Å². The molecule has 21 heavy (non-hydrogen) atoms. The van der Waals surface area contributed by atoms with E-state index in [0.717, 1.165) is 4.88 Å². The number of benzene rings is 1. The topological polar surface area (TPSA) is 65.5 Å². The van der Waals surface area contributed by atoms with Crippen LogP contribution in [0, 0.1) is 0 Å². The molecule has 0 aliphatic carbocycles. The van der Waals surface area contributed by atoms with Crippen LogP contribution in [0.1, 0.15) is 22.9 Å². The van der Waals surface area contributed by atoms with Crippen LogP contribution in [0.25, 0.3) is 0 Å². The number of hydrazone groups is 1. The van der Waals surface area contributed by atoms with E-state index in [9.17, 15) is 4.79 Å². The van der Waals surface area contributed by atoms with E-state index in [4.69, 9.17) is 0 Å². The molecule has 2 heterocycles. The third kappa shape index (κ3) is 3.55. The number of nitrogens with zero attached hydrogens (tertiary/aromatic N) is 1. The van der Waals surface area contributed by atoms with E-state index < -0.39 is 0 Å². The summed E-state index contributed by atoms with van der Waals surface area (Å²) in [7, 11) is 0. The van der Waals surface area contributed by atoms with Crippen molar-refractivity contribution in [3.8, 4) is 0 Å². The van der Waals surface area contributed by atoms with Gasteiger partial charge in [0.1, 0.15) is 6.04 Å². The normalized spacial score (nSPS) is 21.7. The van der Waals surface area contributed by atoms with Crippen molar-refractivity contribution in [1.82, 2.24) is 16.3 Å². The maximum absolute atomic E-state index is 12.0. The zero-order chi connectivity index (χ0) is 14.5. The monoisotopic (exact) mass is 300 g/mol. The number of hydrazine groups is 1. The molecule has 6 heteroatoms. The number of amides is 1. The third-order valence-electron chi connectivity index (χ3n) is 3.33. The average molecular weight is 300 g/mol. The molecule has 5 nitrogen and oxygen atoms in total. The number of hydrogen-bond donors (Lipinski definition) is 3. The van der Waals surface area contributed by atoms with Crippen LogP contribution in [0.15, 0.2) is 52.9 Å². The van der Waals surface area contributed by atoms with Gasteiger partial charge in [-0.25, -0.2) is 16.3 Å². The van der Waals surface area contributed by atoms with Crippen LogP contribution >= 0.6 is 11.3 Å². The van der Waals surface area contributed by atoms with Crippen molar-refractivity contribution >= 4 is 23.5 Å². The molecular formula is C15H16N4OS. The number of carbonyl (C=O) groups excluding carboxylic acids is 1. The maximum Gasteiger partial charge on any atom is 0.258 e. The Balaban J connectivity index is 1.53. The van der Waals surface area contributed by atoms with Gasteiger partial charge in [-0.1, -0.05) is 36.4 Å². The molecule has 2 aromatic rings. The van der Waals surface area contributed by atoms with Crippen molar-refractivity contribution in [2.24, 2.45) is 5.10 Å². The Morgan fingerprint density at radius 2 is 2.10 bits per heavy atom. The highest BCUT2D eigenvalue weighted by molar-refractivity contribution is 7.11. The molecule has 0 spiro atoms. The summed E-state index contributed by atoms with van der Waals surface area (Å²) in [6.07, 6.45) is 2.35. The van der Waals surface area contributed by atoms with Gasteiger partial charge in [0.15, 0.2) is 0 Å². The fourth-order valence-corrected chi connectivity index (χ4v) is 2.82. The summed E-state index contributed by atoms with van der Waals surface area (Å²) in [5, 5.41) is 5.94. The average Bonchev–Trinajstić information content (AvgIpc) is 3.20. The van der Waals surface area contributed by atoms with Crippen molar-refractivity contribution in [2.45, 2.75) is 18.5 Å². The van der Waals surface area contributed by atoms with Gasteiger partial charge in [0.05, 0.1) is 6.21 Å². The number of carbonyl (C=O) groups is 1. The molecule has 1 aromatic heterocycles. The Labute approximate surface area is 127 Å². The van der Waals surface area contributed by atoms with Gasteiger partial charge in [0.25, 0.3) is 5.91 Å². The number of hydrogen-bond acceptors (Lipinski definition) is 5. The lowest BCUT2D eigenvalue weighted by atomic mass is 10.0. The van der Waals surface area contributed by atoms with Gasteiger partial charge in [0.2, 0.25) is 0 Å². The van der Waals surface area contributed by atoms with Crippen molar-refractivity contribution in [2.75, 3.05) is 0 Å². The summed E-state index contributed by atoms with van der Waals surface area (Å²) in [6.45, 7) is 0. The maximum atomic E-state index is 12.0. The molecule has 1 saturated heterocycles. The fraction of sp³-hybridized carbons (Fsp3) is 0.200. The molecule has 0 bridgehead atoms. The van der Waals surface area contributed by atoms with Crippen LogP contribution in [0.4, 0.5) is 0 Å². The van der Waals surface area contributed by atoms with Gasteiger partial charge in [-0.15, -0.1) is 11.3 Å². The SMILES string of the molecule is O=C(N/N=C/c1cccs1)C1CC(c2ccccc2)NN1. The van der Waals surface area contributed by atoms with Gasteiger partial charge < -0.3 is 0 Å². The Morgan fingerprint density at radius 3 is 2.86 bits per heavy atom. The molecule has 108 valence electrons. The molecule has 2 unspecified atom stereocenters. The summed E-state index contributed by atoms with van der Waals surface area (Å²) in [4.78, 5) is 13.0.